The van der Waals surface area contributed by atoms with Gasteiger partial charge in [0, 0.05) is 11.8 Å². The fraction of sp³-hybridized carbons (Fsp3) is 0.500. The maximum absolute atomic E-state index is 13.4. The summed E-state index contributed by atoms with van der Waals surface area (Å²) < 4.78 is 23.8. The average molecular weight is 225 g/mol. The van der Waals surface area contributed by atoms with Gasteiger partial charge >= 0.3 is 0 Å². The Morgan fingerprint density at radius 3 is 2.88 bits per heavy atom. The van der Waals surface area contributed by atoms with Crippen LogP contribution in [0.15, 0.2) is 12.1 Å². The molecule has 0 bridgehead atoms. The molecule has 2 N–H and O–H groups in total. The Morgan fingerprint density at radius 2 is 2.19 bits per heavy atom. The molecule has 3 nitrogen and oxygen atoms in total. The van der Waals surface area contributed by atoms with E-state index < -0.39 is 5.82 Å². The molecule has 16 heavy (non-hydrogen) atoms. The molecule has 2 rings (SSSR count). The first-order valence-corrected chi connectivity index (χ1v) is 5.43. The summed E-state index contributed by atoms with van der Waals surface area (Å²) in [4.78, 5) is 0. The molecule has 1 aliphatic carbocycles. The van der Waals surface area contributed by atoms with Crippen molar-refractivity contribution in [3.63, 3.8) is 0 Å². The van der Waals surface area contributed by atoms with Crippen LogP contribution in [0.25, 0.3) is 0 Å². The third-order valence-corrected chi connectivity index (χ3v) is 2.67. The predicted octanol–water partition coefficient (Wildman–Crippen LogP) is 2.48. The van der Waals surface area contributed by atoms with Crippen molar-refractivity contribution in [2.24, 2.45) is 5.92 Å². The molecule has 1 saturated carbocycles. The number of aryl methyl sites for hydroxylation is 1. The third-order valence-electron chi connectivity index (χ3n) is 2.67. The standard InChI is InChI=1S/C12H16FNO2/c1-8-4-12(10(13)5-11(8)14)16-7-15-6-9-2-3-9/h4-5,9H,2-3,6-7,14H2,1H3. The number of hydrogen-bond donors (Lipinski definition) is 1. The summed E-state index contributed by atoms with van der Waals surface area (Å²) in [5.41, 5.74) is 6.80. The lowest BCUT2D eigenvalue weighted by Gasteiger charge is -2.09. The minimum Gasteiger partial charge on any atom is -0.464 e. The van der Waals surface area contributed by atoms with Gasteiger partial charge in [-0.1, -0.05) is 0 Å². The summed E-state index contributed by atoms with van der Waals surface area (Å²) in [7, 11) is 0. The Labute approximate surface area is 94.3 Å². The molecular weight excluding hydrogens is 209 g/mol. The lowest BCUT2D eigenvalue weighted by molar-refractivity contribution is 0.00791. The number of nitrogens with two attached hydrogens (primary N) is 1. The second-order valence-corrected chi connectivity index (χ2v) is 4.22. The van der Waals surface area contributed by atoms with Gasteiger partial charge in [0.25, 0.3) is 0 Å². The summed E-state index contributed by atoms with van der Waals surface area (Å²) >= 11 is 0. The molecule has 0 amide bonds. The zero-order valence-electron chi connectivity index (χ0n) is 9.33. The van der Waals surface area contributed by atoms with Crippen molar-refractivity contribution in [1.29, 1.82) is 0 Å². The number of halogens is 1. The Hall–Kier alpha value is -1.29. The molecule has 4 heteroatoms. The van der Waals surface area contributed by atoms with Crippen LogP contribution in [0.1, 0.15) is 18.4 Å². The van der Waals surface area contributed by atoms with E-state index in [9.17, 15) is 4.39 Å². The van der Waals surface area contributed by atoms with Gasteiger partial charge in [0.1, 0.15) is 0 Å². The van der Waals surface area contributed by atoms with Crippen molar-refractivity contribution in [1.82, 2.24) is 0 Å². The van der Waals surface area contributed by atoms with Crippen LogP contribution >= 0.6 is 0 Å². The summed E-state index contributed by atoms with van der Waals surface area (Å²) in [5.74, 6) is 0.433. The van der Waals surface area contributed by atoms with E-state index in [0.29, 0.717) is 18.2 Å². The molecule has 1 aliphatic rings. The minimum atomic E-state index is -0.446. The van der Waals surface area contributed by atoms with E-state index in [1.807, 2.05) is 6.92 Å². The quantitative estimate of drug-likeness (QED) is 0.475. The largest absolute Gasteiger partial charge is 0.464 e. The molecule has 0 heterocycles. The normalized spacial score (nSPS) is 15.1. The summed E-state index contributed by atoms with van der Waals surface area (Å²) in [6, 6.07) is 2.86. The average Bonchev–Trinajstić information content (AvgIpc) is 3.04. The molecule has 0 radical (unpaired) electrons. The third kappa shape index (κ3) is 2.85. The van der Waals surface area contributed by atoms with Gasteiger partial charge in [-0.05, 0) is 37.3 Å². The number of anilines is 1. The maximum atomic E-state index is 13.4. The zero-order valence-corrected chi connectivity index (χ0v) is 9.33. The van der Waals surface area contributed by atoms with Gasteiger partial charge in [0.15, 0.2) is 18.4 Å². The van der Waals surface area contributed by atoms with Crippen LogP contribution in [0.2, 0.25) is 0 Å². The Balaban J connectivity index is 1.85. The van der Waals surface area contributed by atoms with Crippen molar-refractivity contribution < 1.29 is 13.9 Å². The van der Waals surface area contributed by atoms with Crippen molar-refractivity contribution in [2.45, 2.75) is 19.8 Å². The molecule has 0 aliphatic heterocycles. The van der Waals surface area contributed by atoms with Crippen LogP contribution in [-0.2, 0) is 4.74 Å². The van der Waals surface area contributed by atoms with E-state index in [4.69, 9.17) is 15.2 Å². The Morgan fingerprint density at radius 1 is 1.44 bits per heavy atom. The van der Waals surface area contributed by atoms with Crippen LogP contribution in [0.3, 0.4) is 0 Å². The first kappa shape index (κ1) is 11.2. The van der Waals surface area contributed by atoms with Gasteiger partial charge in [0.2, 0.25) is 0 Å². The topological polar surface area (TPSA) is 44.5 Å². The summed E-state index contributed by atoms with van der Waals surface area (Å²) in [5, 5.41) is 0. The SMILES string of the molecule is Cc1cc(OCOCC2CC2)c(F)cc1N. The van der Waals surface area contributed by atoms with Gasteiger partial charge in [-0.2, -0.15) is 0 Å². The number of rotatable bonds is 5. The minimum absolute atomic E-state index is 0.0940. The van der Waals surface area contributed by atoms with E-state index in [-0.39, 0.29) is 12.5 Å². The molecular formula is C12H16FNO2. The van der Waals surface area contributed by atoms with E-state index in [1.54, 1.807) is 6.07 Å². The summed E-state index contributed by atoms with van der Waals surface area (Å²) in [6.07, 6.45) is 2.46. The monoisotopic (exact) mass is 225 g/mol. The van der Waals surface area contributed by atoms with E-state index in [2.05, 4.69) is 0 Å². The van der Waals surface area contributed by atoms with E-state index >= 15 is 0 Å². The molecule has 88 valence electrons. The molecule has 0 spiro atoms. The van der Waals surface area contributed by atoms with Crippen molar-refractivity contribution in [3.05, 3.63) is 23.5 Å². The predicted molar refractivity (Wildman–Crippen MR) is 59.7 cm³/mol. The Bertz CT molecular complexity index is 378. The van der Waals surface area contributed by atoms with Crippen LogP contribution < -0.4 is 10.5 Å². The summed E-state index contributed by atoms with van der Waals surface area (Å²) in [6.45, 7) is 2.61. The molecule has 1 aromatic rings. The first-order chi connectivity index (χ1) is 7.66. The van der Waals surface area contributed by atoms with E-state index in [0.717, 1.165) is 5.56 Å². The maximum Gasteiger partial charge on any atom is 0.189 e. The number of benzene rings is 1. The van der Waals surface area contributed by atoms with Crippen molar-refractivity contribution >= 4 is 5.69 Å². The van der Waals surface area contributed by atoms with Gasteiger partial charge in [0.05, 0.1) is 6.61 Å². The van der Waals surface area contributed by atoms with Gasteiger partial charge in [-0.15, -0.1) is 0 Å². The van der Waals surface area contributed by atoms with Crippen LogP contribution in [0.5, 0.6) is 5.75 Å². The molecule has 0 aromatic heterocycles. The molecule has 0 saturated heterocycles. The van der Waals surface area contributed by atoms with Crippen molar-refractivity contribution in [2.75, 3.05) is 19.1 Å². The molecule has 0 unspecified atom stereocenters. The van der Waals surface area contributed by atoms with E-state index in [1.165, 1.54) is 18.9 Å². The number of ether oxygens (including phenoxy) is 2. The zero-order chi connectivity index (χ0) is 11.5. The highest BCUT2D eigenvalue weighted by Crippen LogP contribution is 2.29. The van der Waals surface area contributed by atoms with Crippen LogP contribution in [0.4, 0.5) is 10.1 Å². The highest BCUT2D eigenvalue weighted by molar-refractivity contribution is 5.50. The molecule has 1 aromatic carbocycles. The second kappa shape index (κ2) is 4.70. The molecule has 0 atom stereocenters. The van der Waals surface area contributed by atoms with Gasteiger partial charge in [-0.3, -0.25) is 0 Å². The Kier molecular flexibility index (Phi) is 3.29. The number of hydrogen-bond acceptors (Lipinski definition) is 3. The first-order valence-electron chi connectivity index (χ1n) is 5.43. The molecule has 1 fully saturated rings. The lowest BCUT2D eigenvalue weighted by atomic mass is 10.2. The van der Waals surface area contributed by atoms with Gasteiger partial charge in [-0.25, -0.2) is 4.39 Å². The highest BCUT2D eigenvalue weighted by atomic mass is 19.1. The fourth-order valence-electron chi connectivity index (χ4n) is 1.39. The van der Waals surface area contributed by atoms with Crippen LogP contribution in [-0.4, -0.2) is 13.4 Å². The highest BCUT2D eigenvalue weighted by Gasteiger charge is 2.21. The number of nitrogen functional groups attached to an aromatic ring is 1. The lowest BCUT2D eigenvalue weighted by Crippen LogP contribution is -2.06. The fourth-order valence-corrected chi connectivity index (χ4v) is 1.39. The van der Waals surface area contributed by atoms with Crippen LogP contribution in [0, 0.1) is 18.7 Å². The van der Waals surface area contributed by atoms with Gasteiger partial charge < -0.3 is 15.2 Å². The smallest absolute Gasteiger partial charge is 0.189 e. The second-order valence-electron chi connectivity index (χ2n) is 4.22. The van der Waals surface area contributed by atoms with Crippen molar-refractivity contribution in [3.8, 4) is 5.75 Å².